The quantitative estimate of drug-likeness (QED) is 0.246. The number of hydrogen-bond donors (Lipinski definition) is 2. The maximum atomic E-state index is 8.77. The predicted octanol–water partition coefficient (Wildman–Crippen LogP) is -10.6. The number of phosphoric acid groups is 3. The van der Waals surface area contributed by atoms with Crippen LogP contribution < -0.4 is 53.1 Å². The Hall–Kier alpha value is 2.23. The van der Waals surface area contributed by atoms with Crippen LogP contribution in [0.2, 0.25) is 0 Å². The zero-order valence-corrected chi connectivity index (χ0v) is 14.7. The summed E-state index contributed by atoms with van der Waals surface area (Å²) in [6.07, 6.45) is 0. The van der Waals surface area contributed by atoms with Gasteiger partial charge in [-0.3, -0.25) is 4.57 Å². The van der Waals surface area contributed by atoms with Gasteiger partial charge in [-0.2, -0.15) is 15.6 Å². The molecule has 12 nitrogen and oxygen atoms in total. The van der Waals surface area contributed by atoms with Crippen LogP contribution in [0.4, 0.5) is 0 Å². The molecule has 103 valence electrons. The number of rotatable bonds is 0. The summed E-state index contributed by atoms with van der Waals surface area (Å²) in [5, 5.41) is 0. The van der Waals surface area contributed by atoms with E-state index >= 15 is 0 Å². The second-order valence-corrected chi connectivity index (χ2v) is 4.16. The summed E-state index contributed by atoms with van der Waals surface area (Å²) in [6, 6.07) is 0. The molecule has 0 aromatic heterocycles. The first-order chi connectivity index (χ1) is 6.00. The van der Waals surface area contributed by atoms with Crippen LogP contribution in [0, 0.1) is 0 Å². The van der Waals surface area contributed by atoms with Gasteiger partial charge in [0, 0.05) is 0 Å². The van der Waals surface area contributed by atoms with Crippen LogP contribution in [0.1, 0.15) is 0 Å². The Balaban J connectivity index is -0.0000000277. The molecule has 0 heterocycles. The van der Waals surface area contributed by atoms with Crippen LogP contribution in [-0.2, 0) is 30.5 Å². The molecule has 1 radical (unpaired) electrons. The van der Waals surface area contributed by atoms with Crippen molar-refractivity contribution >= 4 is 47.4 Å². The molecule has 0 bridgehead atoms. The topological polar surface area (TPSA) is 253 Å². The molecule has 0 saturated carbocycles. The van der Waals surface area contributed by atoms with Gasteiger partial charge in [-0.15, -0.1) is 0 Å². The molecular formula is H2CoLiO12P3Sn. The smallest absolute Gasteiger partial charge is 0.822 e. The van der Waals surface area contributed by atoms with Crippen molar-refractivity contribution in [2.24, 2.45) is 0 Å². The molecule has 0 aliphatic rings. The van der Waals surface area contributed by atoms with Crippen molar-refractivity contribution in [1.82, 2.24) is 0 Å². The van der Waals surface area contributed by atoms with Crippen LogP contribution in [0.3, 0.4) is 0 Å². The standard InChI is InChI=1S/Co.Li.3H3O4P.Sn/c;;3*1-5(2,3)4;/h;;3*(H3,1,2,3,4);/q+2;+1;;;;+4/p-7. The summed E-state index contributed by atoms with van der Waals surface area (Å²) in [4.78, 5) is 74.2. The average Bonchev–Trinajstić information content (AvgIpc) is 1.41. The third-order valence-corrected chi connectivity index (χ3v) is 0. The molecule has 0 amide bonds. The van der Waals surface area contributed by atoms with Gasteiger partial charge in [-0.25, -0.2) is 0 Å². The molecule has 0 rings (SSSR count). The minimum Gasteiger partial charge on any atom is -0.822 e. The van der Waals surface area contributed by atoms with Gasteiger partial charge < -0.3 is 53.2 Å². The molecule has 0 unspecified atom stereocenters. The second kappa shape index (κ2) is 15.6. The molecule has 0 aliphatic heterocycles. The minimum atomic E-state index is -5.39. The summed E-state index contributed by atoms with van der Waals surface area (Å²) in [5.41, 5.74) is 0. The Morgan fingerprint density at radius 1 is 0.667 bits per heavy atom. The van der Waals surface area contributed by atoms with Gasteiger partial charge >= 0.3 is 59.5 Å². The summed E-state index contributed by atoms with van der Waals surface area (Å²) in [5.74, 6) is 0. The van der Waals surface area contributed by atoms with E-state index in [0.29, 0.717) is 0 Å². The van der Waals surface area contributed by atoms with E-state index in [1.807, 2.05) is 0 Å². The van der Waals surface area contributed by atoms with E-state index in [9.17, 15) is 0 Å². The first-order valence-electron chi connectivity index (χ1n) is 2.23. The molecule has 0 aromatic carbocycles. The van der Waals surface area contributed by atoms with Crippen LogP contribution in [0.25, 0.3) is 0 Å². The summed E-state index contributed by atoms with van der Waals surface area (Å²) < 4.78 is 25.9. The van der Waals surface area contributed by atoms with Crippen LogP contribution in [0.15, 0.2) is 0 Å². The Morgan fingerprint density at radius 2 is 0.667 bits per heavy atom. The molecule has 0 saturated heterocycles. The first kappa shape index (κ1) is 36.9. The van der Waals surface area contributed by atoms with Gasteiger partial charge in [-0.05, 0) is 0 Å². The van der Waals surface area contributed by atoms with E-state index in [0.717, 1.165) is 0 Å². The van der Waals surface area contributed by atoms with E-state index in [2.05, 4.69) is 0 Å². The first-order valence-corrected chi connectivity index (χ1v) is 6.68. The zero-order chi connectivity index (χ0) is 13.5. The number of hydrogen-bond acceptors (Lipinski definition) is 10. The van der Waals surface area contributed by atoms with Gasteiger partial charge in [0.2, 0.25) is 0 Å². The molecule has 0 aliphatic carbocycles. The van der Waals surface area contributed by atoms with Crippen molar-refractivity contribution in [2.45, 2.75) is 0 Å². The Bertz CT molecular complexity index is 213. The van der Waals surface area contributed by atoms with Gasteiger partial charge in [-0.1, -0.05) is 0 Å². The van der Waals surface area contributed by atoms with Gasteiger partial charge in [0.1, 0.15) is 0 Å². The Labute approximate surface area is 140 Å². The van der Waals surface area contributed by atoms with E-state index in [4.69, 9.17) is 57.7 Å². The van der Waals surface area contributed by atoms with Crippen LogP contribution in [0.5, 0.6) is 0 Å². The van der Waals surface area contributed by atoms with Crippen molar-refractivity contribution in [3.8, 4) is 0 Å². The minimum absolute atomic E-state index is 0. The summed E-state index contributed by atoms with van der Waals surface area (Å²) in [7, 11) is -15.7. The van der Waals surface area contributed by atoms with Crippen molar-refractivity contribution in [3.63, 3.8) is 0 Å². The summed E-state index contributed by atoms with van der Waals surface area (Å²) in [6.45, 7) is 0. The van der Waals surface area contributed by atoms with Crippen LogP contribution >= 0.6 is 23.5 Å². The normalized spacial score (nSPS) is 9.83. The second-order valence-electron chi connectivity index (χ2n) is 1.39. The fourth-order valence-electron chi connectivity index (χ4n) is 0. The molecule has 2 N–H and O–H groups in total. The third kappa shape index (κ3) is 1090. The molecule has 0 atom stereocenters. The van der Waals surface area contributed by atoms with Crippen molar-refractivity contribution in [1.29, 1.82) is 0 Å². The molecule has 18 heavy (non-hydrogen) atoms. The molecule has 0 spiro atoms. The van der Waals surface area contributed by atoms with E-state index in [1.165, 1.54) is 0 Å². The molecule has 0 aromatic rings. The monoisotopic (exact) mass is 473 g/mol. The molecule has 18 heteroatoms. The van der Waals surface area contributed by atoms with E-state index < -0.39 is 23.5 Å². The fourth-order valence-corrected chi connectivity index (χ4v) is 0. The van der Waals surface area contributed by atoms with Gasteiger partial charge in [0.05, 0.1) is 0 Å². The fraction of sp³-hybridized carbons (Fsp3) is 0. The Kier molecular flexibility index (Phi) is 32.1. The van der Waals surface area contributed by atoms with E-state index in [-0.39, 0.29) is 59.5 Å². The van der Waals surface area contributed by atoms with Crippen molar-refractivity contribution < 1.29 is 93.4 Å². The summed E-state index contributed by atoms with van der Waals surface area (Å²) >= 11 is 0. The predicted molar refractivity (Wildman–Crippen MR) is 33.0 cm³/mol. The average molecular weight is 472 g/mol. The zero-order valence-electron chi connectivity index (χ0n) is 8.15. The molecule has 0 fully saturated rings. The van der Waals surface area contributed by atoms with E-state index in [1.54, 1.807) is 0 Å². The maximum absolute atomic E-state index is 8.77. The SMILES string of the molecule is O=P([O-])(O)O.O=P([O-])([O-])[O-].O=P([O-])([O-])[O-].[Co+2].[Li+].[Sn+4]. The molecular weight excluding hydrogens is 469 g/mol. The largest absolute Gasteiger partial charge is 4.00 e. The maximum Gasteiger partial charge on any atom is 4.00 e. The van der Waals surface area contributed by atoms with Gasteiger partial charge in [0.15, 0.2) is 0 Å². The van der Waals surface area contributed by atoms with Crippen molar-refractivity contribution in [2.75, 3.05) is 0 Å². The van der Waals surface area contributed by atoms with Crippen molar-refractivity contribution in [3.05, 3.63) is 0 Å². The Morgan fingerprint density at radius 3 is 0.667 bits per heavy atom. The van der Waals surface area contributed by atoms with Crippen LogP contribution in [-0.4, -0.2) is 33.7 Å². The van der Waals surface area contributed by atoms with Gasteiger partial charge in [0.25, 0.3) is 7.82 Å². The third-order valence-electron chi connectivity index (χ3n) is 0.